The minimum absolute atomic E-state index is 0.0215. The van der Waals surface area contributed by atoms with Crippen molar-refractivity contribution in [2.24, 2.45) is 0 Å². The lowest BCUT2D eigenvalue weighted by atomic mass is 9.95. The number of aryl methyl sites for hydroxylation is 1. The Bertz CT molecular complexity index is 882. The molecule has 0 fully saturated rings. The van der Waals surface area contributed by atoms with Gasteiger partial charge < -0.3 is 15.4 Å². The van der Waals surface area contributed by atoms with Crippen LogP contribution in [-0.2, 0) is 17.8 Å². The molecule has 2 aromatic rings. The third-order valence-electron chi connectivity index (χ3n) is 4.78. The second kappa shape index (κ2) is 8.55. The Morgan fingerprint density at radius 1 is 1.48 bits per heavy atom. The van der Waals surface area contributed by atoms with Crippen molar-refractivity contribution in [1.82, 2.24) is 5.32 Å². The summed E-state index contributed by atoms with van der Waals surface area (Å²) >= 11 is 1.51. The highest BCUT2D eigenvalue weighted by molar-refractivity contribution is 7.16. The van der Waals surface area contributed by atoms with Gasteiger partial charge in [-0.3, -0.25) is 4.79 Å². The number of rotatable bonds is 6. The summed E-state index contributed by atoms with van der Waals surface area (Å²) in [5, 5.41) is 16.5. The molecule has 0 radical (unpaired) electrons. The van der Waals surface area contributed by atoms with Crippen molar-refractivity contribution in [2.75, 3.05) is 18.5 Å². The molecule has 0 unspecified atom stereocenters. The van der Waals surface area contributed by atoms with Crippen molar-refractivity contribution < 1.29 is 9.53 Å². The summed E-state index contributed by atoms with van der Waals surface area (Å²) in [5.41, 5.74) is 3.90. The molecular weight excluding hydrogens is 358 g/mol. The first kappa shape index (κ1) is 19.4. The molecule has 142 valence electrons. The molecule has 0 bridgehead atoms. The van der Waals surface area contributed by atoms with Gasteiger partial charge in [-0.25, -0.2) is 0 Å². The summed E-state index contributed by atoms with van der Waals surface area (Å²) in [6, 6.07) is 8.35. The molecule has 1 aliphatic heterocycles. The summed E-state index contributed by atoms with van der Waals surface area (Å²) in [5.74, 6) is 0.779. The Balaban J connectivity index is 1.74. The number of thiophene rings is 1. The first-order valence-corrected chi connectivity index (χ1v) is 10.1. The van der Waals surface area contributed by atoms with Gasteiger partial charge in [0.15, 0.2) is 0 Å². The largest absolute Gasteiger partial charge is 0.494 e. The van der Waals surface area contributed by atoms with Crippen LogP contribution < -0.4 is 15.4 Å². The van der Waals surface area contributed by atoms with Crippen molar-refractivity contribution in [3.05, 3.63) is 45.3 Å². The highest BCUT2D eigenvalue weighted by Gasteiger charge is 2.23. The van der Waals surface area contributed by atoms with E-state index in [1.807, 2.05) is 32.9 Å². The third kappa shape index (κ3) is 4.32. The van der Waals surface area contributed by atoms with Crippen molar-refractivity contribution in [3.8, 4) is 11.8 Å². The Kier molecular flexibility index (Phi) is 6.15. The van der Waals surface area contributed by atoms with E-state index < -0.39 is 0 Å². The number of hydrogen-bond acceptors (Lipinski definition) is 5. The van der Waals surface area contributed by atoms with Crippen LogP contribution in [0.1, 0.15) is 53.3 Å². The van der Waals surface area contributed by atoms with E-state index >= 15 is 0 Å². The van der Waals surface area contributed by atoms with Gasteiger partial charge in [-0.15, -0.1) is 11.3 Å². The van der Waals surface area contributed by atoms with Crippen molar-refractivity contribution in [3.63, 3.8) is 0 Å². The number of nitrogens with one attached hydrogen (secondary N) is 2. The lowest BCUT2D eigenvalue weighted by molar-refractivity contribution is -0.116. The monoisotopic (exact) mass is 383 g/mol. The van der Waals surface area contributed by atoms with Gasteiger partial charge in [-0.2, -0.15) is 5.26 Å². The van der Waals surface area contributed by atoms with E-state index in [0.29, 0.717) is 23.6 Å². The fourth-order valence-corrected chi connectivity index (χ4v) is 4.63. The summed E-state index contributed by atoms with van der Waals surface area (Å²) in [6.45, 7) is 8.26. The molecule has 3 rings (SSSR count). The molecule has 1 aromatic heterocycles. The Morgan fingerprint density at radius 2 is 2.30 bits per heavy atom. The van der Waals surface area contributed by atoms with Gasteiger partial charge in [-0.1, -0.05) is 24.6 Å². The first-order chi connectivity index (χ1) is 13.0. The first-order valence-electron chi connectivity index (χ1n) is 9.32. The van der Waals surface area contributed by atoms with E-state index in [2.05, 4.69) is 22.8 Å². The number of benzene rings is 1. The molecule has 1 amide bonds. The number of nitriles is 1. The second-order valence-corrected chi connectivity index (χ2v) is 7.98. The van der Waals surface area contributed by atoms with Crippen LogP contribution in [0, 0.1) is 18.3 Å². The fourth-order valence-electron chi connectivity index (χ4n) is 3.45. The minimum Gasteiger partial charge on any atom is -0.494 e. The molecule has 5 nitrogen and oxygen atoms in total. The SMILES string of the molecule is CCOc1ccc(C)cc1[C@@H](C)CC(=O)Nc1sc2c(c1C#N)CCNC2. The second-order valence-electron chi connectivity index (χ2n) is 6.87. The van der Waals surface area contributed by atoms with Crippen LogP contribution in [0.25, 0.3) is 0 Å². The van der Waals surface area contributed by atoms with Gasteiger partial charge in [-0.05, 0) is 49.9 Å². The molecule has 1 aliphatic rings. The van der Waals surface area contributed by atoms with E-state index in [1.165, 1.54) is 11.3 Å². The average molecular weight is 384 g/mol. The van der Waals surface area contributed by atoms with E-state index in [-0.39, 0.29) is 11.8 Å². The van der Waals surface area contributed by atoms with Crippen LogP contribution in [-0.4, -0.2) is 19.1 Å². The van der Waals surface area contributed by atoms with Crippen LogP contribution in [0.5, 0.6) is 5.75 Å². The quantitative estimate of drug-likeness (QED) is 0.787. The lowest BCUT2D eigenvalue weighted by Gasteiger charge is -2.17. The smallest absolute Gasteiger partial charge is 0.225 e. The normalized spacial score (nSPS) is 14.1. The average Bonchev–Trinajstić information content (AvgIpc) is 2.99. The maximum atomic E-state index is 12.7. The Hall–Kier alpha value is -2.36. The Morgan fingerprint density at radius 3 is 3.04 bits per heavy atom. The van der Waals surface area contributed by atoms with E-state index in [0.717, 1.165) is 46.8 Å². The molecule has 2 heterocycles. The van der Waals surface area contributed by atoms with Gasteiger partial charge in [0.05, 0.1) is 12.2 Å². The number of amides is 1. The molecule has 27 heavy (non-hydrogen) atoms. The van der Waals surface area contributed by atoms with E-state index in [1.54, 1.807) is 0 Å². The number of carbonyl (C=O) groups excluding carboxylic acids is 1. The Labute approximate surface area is 164 Å². The standard InChI is InChI=1S/C21H25N3O2S/c1-4-26-18-6-5-13(2)9-16(18)14(3)10-20(25)24-21-17(11-22)15-7-8-23-12-19(15)27-21/h5-6,9,14,23H,4,7-8,10,12H2,1-3H3,(H,24,25)/t14-/m0/s1. The number of ether oxygens (including phenoxy) is 1. The van der Waals surface area contributed by atoms with Crippen LogP contribution in [0.4, 0.5) is 5.00 Å². The summed E-state index contributed by atoms with van der Waals surface area (Å²) in [4.78, 5) is 13.8. The minimum atomic E-state index is -0.0745. The number of fused-ring (bicyclic) bond motifs is 1. The van der Waals surface area contributed by atoms with Crippen LogP contribution in [0.3, 0.4) is 0 Å². The molecular formula is C21H25N3O2S. The van der Waals surface area contributed by atoms with Crippen LogP contribution >= 0.6 is 11.3 Å². The highest BCUT2D eigenvalue weighted by atomic mass is 32.1. The third-order valence-corrected chi connectivity index (χ3v) is 5.93. The summed E-state index contributed by atoms with van der Waals surface area (Å²) < 4.78 is 5.72. The zero-order valence-corrected chi connectivity index (χ0v) is 16.8. The van der Waals surface area contributed by atoms with Crippen molar-refractivity contribution in [1.29, 1.82) is 5.26 Å². The maximum Gasteiger partial charge on any atom is 0.225 e. The molecule has 0 spiro atoms. The van der Waals surface area contributed by atoms with Crippen LogP contribution in [0.15, 0.2) is 18.2 Å². The molecule has 1 aromatic carbocycles. The molecule has 0 aliphatic carbocycles. The topological polar surface area (TPSA) is 74.1 Å². The van der Waals surface area contributed by atoms with Gasteiger partial charge in [0, 0.05) is 17.8 Å². The lowest BCUT2D eigenvalue weighted by Crippen LogP contribution is -2.22. The van der Waals surface area contributed by atoms with Crippen LogP contribution in [0.2, 0.25) is 0 Å². The molecule has 0 saturated carbocycles. The van der Waals surface area contributed by atoms with Crippen molar-refractivity contribution >= 4 is 22.2 Å². The zero-order chi connectivity index (χ0) is 19.4. The molecule has 0 saturated heterocycles. The zero-order valence-electron chi connectivity index (χ0n) is 16.0. The van der Waals surface area contributed by atoms with E-state index in [9.17, 15) is 10.1 Å². The van der Waals surface area contributed by atoms with Gasteiger partial charge in [0.25, 0.3) is 0 Å². The van der Waals surface area contributed by atoms with E-state index in [4.69, 9.17) is 4.74 Å². The van der Waals surface area contributed by atoms with Gasteiger partial charge >= 0.3 is 0 Å². The summed E-state index contributed by atoms with van der Waals surface area (Å²) in [6.07, 6.45) is 1.18. The molecule has 6 heteroatoms. The molecule has 1 atom stereocenters. The predicted octanol–water partition coefficient (Wildman–Crippen LogP) is 4.10. The predicted molar refractivity (Wildman–Crippen MR) is 108 cm³/mol. The molecule has 2 N–H and O–H groups in total. The highest BCUT2D eigenvalue weighted by Crippen LogP contribution is 2.36. The summed E-state index contributed by atoms with van der Waals surface area (Å²) in [7, 11) is 0. The number of anilines is 1. The maximum absolute atomic E-state index is 12.7. The van der Waals surface area contributed by atoms with Gasteiger partial charge in [0.1, 0.15) is 16.8 Å². The number of nitrogens with zero attached hydrogens (tertiary/aromatic N) is 1. The van der Waals surface area contributed by atoms with Gasteiger partial charge in [0.2, 0.25) is 5.91 Å². The number of carbonyl (C=O) groups is 1. The number of hydrogen-bond donors (Lipinski definition) is 2. The fraction of sp³-hybridized carbons (Fsp3) is 0.429. The van der Waals surface area contributed by atoms with Crippen molar-refractivity contribution in [2.45, 2.75) is 46.1 Å².